The van der Waals surface area contributed by atoms with Crippen molar-refractivity contribution in [1.82, 2.24) is 0 Å². The molecule has 2 aromatic carbocycles. The first-order valence-electron chi connectivity index (χ1n) is 5.95. The molecule has 3 nitrogen and oxygen atoms in total. The van der Waals surface area contributed by atoms with Crippen molar-refractivity contribution in [1.29, 1.82) is 0 Å². The van der Waals surface area contributed by atoms with Crippen LogP contribution in [-0.4, -0.2) is 13.4 Å². The molecule has 0 radical (unpaired) electrons. The molecule has 0 spiro atoms. The molecule has 110 valence electrons. The highest BCUT2D eigenvalue weighted by atomic mass is 79.9. The molecule has 0 aliphatic heterocycles. The first kappa shape index (κ1) is 16.3. The summed E-state index contributed by atoms with van der Waals surface area (Å²) < 4.78 is 12.3. The summed E-state index contributed by atoms with van der Waals surface area (Å²) in [5.74, 6) is 0.981. The average Bonchev–Trinajstić information content (AvgIpc) is 2.50. The highest BCUT2D eigenvalue weighted by Gasteiger charge is 2.17. The third kappa shape index (κ3) is 3.59. The van der Waals surface area contributed by atoms with Crippen LogP contribution in [0.5, 0.6) is 11.5 Å². The summed E-state index contributed by atoms with van der Waals surface area (Å²) in [6, 6.07) is 9.05. The zero-order chi connectivity index (χ0) is 15.4. The quantitative estimate of drug-likeness (QED) is 0.602. The number of methoxy groups -OCH3 is 1. The molecule has 2 rings (SSSR count). The molecule has 0 saturated carbocycles. The van der Waals surface area contributed by atoms with Crippen LogP contribution in [-0.2, 0) is 6.61 Å². The molecular formula is C15H11Br2ClO3. The van der Waals surface area contributed by atoms with Gasteiger partial charge in [-0.1, -0.05) is 29.8 Å². The second-order valence-corrected chi connectivity index (χ2v) is 6.12. The average molecular weight is 435 g/mol. The van der Waals surface area contributed by atoms with E-state index in [-0.39, 0.29) is 0 Å². The van der Waals surface area contributed by atoms with Crippen molar-refractivity contribution in [3.63, 3.8) is 0 Å². The number of carbonyl (C=O) groups excluding carboxylic acids is 1. The first-order valence-corrected chi connectivity index (χ1v) is 7.92. The van der Waals surface area contributed by atoms with E-state index in [1.54, 1.807) is 12.1 Å². The minimum atomic E-state index is 0.293. The fraction of sp³-hybridized carbons (Fsp3) is 0.133. The monoisotopic (exact) mass is 432 g/mol. The third-order valence-corrected chi connectivity index (χ3v) is 5.34. The van der Waals surface area contributed by atoms with Gasteiger partial charge in [-0.05, 0) is 44.0 Å². The van der Waals surface area contributed by atoms with Crippen molar-refractivity contribution >= 4 is 49.7 Å². The molecule has 0 aromatic heterocycles. The van der Waals surface area contributed by atoms with Crippen LogP contribution in [0.3, 0.4) is 0 Å². The van der Waals surface area contributed by atoms with E-state index >= 15 is 0 Å². The van der Waals surface area contributed by atoms with Gasteiger partial charge in [0.1, 0.15) is 6.61 Å². The summed E-state index contributed by atoms with van der Waals surface area (Å²) in [5, 5.41) is 0.635. The number of aldehydes is 1. The summed E-state index contributed by atoms with van der Waals surface area (Å²) in [6.07, 6.45) is 0.745. The highest BCUT2D eigenvalue weighted by Crippen LogP contribution is 2.42. The molecule has 0 bridgehead atoms. The lowest BCUT2D eigenvalue weighted by atomic mass is 10.2. The van der Waals surface area contributed by atoms with Crippen LogP contribution < -0.4 is 9.47 Å². The van der Waals surface area contributed by atoms with Gasteiger partial charge >= 0.3 is 0 Å². The normalized spacial score (nSPS) is 10.3. The standard InChI is InChI=1S/C15H11Br2ClO3/c1-20-12-6-10(7-19)13(16)14(17)15(12)21-8-9-4-2-3-5-11(9)18/h2-7H,8H2,1H3. The topological polar surface area (TPSA) is 35.5 Å². The fourth-order valence-electron chi connectivity index (χ4n) is 1.74. The van der Waals surface area contributed by atoms with Crippen molar-refractivity contribution in [2.45, 2.75) is 6.61 Å². The zero-order valence-corrected chi connectivity index (χ0v) is 15.0. The smallest absolute Gasteiger partial charge is 0.177 e. The van der Waals surface area contributed by atoms with Crippen LogP contribution in [0.1, 0.15) is 15.9 Å². The third-order valence-electron chi connectivity index (χ3n) is 2.83. The van der Waals surface area contributed by atoms with Gasteiger partial charge in [0.15, 0.2) is 17.8 Å². The summed E-state index contributed by atoms with van der Waals surface area (Å²) >= 11 is 12.9. The number of benzene rings is 2. The maximum atomic E-state index is 11.0. The van der Waals surface area contributed by atoms with Gasteiger partial charge in [0.05, 0.1) is 11.6 Å². The van der Waals surface area contributed by atoms with Gasteiger partial charge in [-0.15, -0.1) is 0 Å². The number of halogens is 3. The number of hydrogen-bond donors (Lipinski definition) is 0. The second kappa shape index (κ2) is 7.29. The van der Waals surface area contributed by atoms with Gasteiger partial charge in [-0.25, -0.2) is 0 Å². The van der Waals surface area contributed by atoms with Crippen molar-refractivity contribution in [2.75, 3.05) is 7.11 Å². The lowest BCUT2D eigenvalue weighted by Crippen LogP contribution is -2.01. The van der Waals surface area contributed by atoms with Crippen LogP contribution in [0.4, 0.5) is 0 Å². The van der Waals surface area contributed by atoms with Gasteiger partial charge in [0.25, 0.3) is 0 Å². The van der Waals surface area contributed by atoms with Crippen LogP contribution in [0.2, 0.25) is 5.02 Å². The molecule has 0 aliphatic rings. The van der Waals surface area contributed by atoms with Gasteiger partial charge in [-0.2, -0.15) is 0 Å². The Labute approximate surface area is 144 Å². The number of carbonyl (C=O) groups is 1. The molecule has 21 heavy (non-hydrogen) atoms. The molecular weight excluding hydrogens is 423 g/mol. The molecule has 0 aliphatic carbocycles. The minimum absolute atomic E-state index is 0.293. The van der Waals surface area contributed by atoms with Gasteiger partial charge in [0.2, 0.25) is 0 Å². The van der Waals surface area contributed by atoms with E-state index in [1.807, 2.05) is 18.2 Å². The van der Waals surface area contributed by atoms with Crippen molar-refractivity contribution in [3.05, 3.63) is 55.4 Å². The van der Waals surface area contributed by atoms with Gasteiger partial charge in [-0.3, -0.25) is 4.79 Å². The van der Waals surface area contributed by atoms with E-state index < -0.39 is 0 Å². The van der Waals surface area contributed by atoms with E-state index in [0.717, 1.165) is 11.8 Å². The Hall–Kier alpha value is -1.04. The largest absolute Gasteiger partial charge is 0.493 e. The van der Waals surface area contributed by atoms with E-state index in [0.29, 0.717) is 37.6 Å². The zero-order valence-electron chi connectivity index (χ0n) is 11.0. The molecule has 0 amide bonds. The predicted molar refractivity (Wildman–Crippen MR) is 89.6 cm³/mol. The molecule has 0 unspecified atom stereocenters. The van der Waals surface area contributed by atoms with E-state index in [2.05, 4.69) is 31.9 Å². The molecule has 0 heterocycles. The first-order chi connectivity index (χ1) is 10.1. The molecule has 0 fully saturated rings. The minimum Gasteiger partial charge on any atom is -0.493 e. The Kier molecular flexibility index (Phi) is 5.67. The molecule has 0 saturated heterocycles. The Morgan fingerprint density at radius 3 is 2.57 bits per heavy atom. The maximum absolute atomic E-state index is 11.0. The Morgan fingerprint density at radius 2 is 1.95 bits per heavy atom. The Balaban J connectivity index is 2.34. The summed E-state index contributed by atoms with van der Waals surface area (Å²) in [7, 11) is 1.52. The predicted octanol–water partition coefficient (Wildman–Crippen LogP) is 5.27. The van der Waals surface area contributed by atoms with E-state index in [1.165, 1.54) is 7.11 Å². The summed E-state index contributed by atoms with van der Waals surface area (Å²) in [6.45, 7) is 0.293. The number of rotatable bonds is 5. The van der Waals surface area contributed by atoms with Gasteiger partial charge in [0, 0.05) is 20.6 Å². The summed E-state index contributed by atoms with van der Waals surface area (Å²) in [4.78, 5) is 11.0. The number of hydrogen-bond acceptors (Lipinski definition) is 3. The molecule has 2 aromatic rings. The maximum Gasteiger partial charge on any atom is 0.177 e. The van der Waals surface area contributed by atoms with E-state index in [4.69, 9.17) is 21.1 Å². The summed E-state index contributed by atoms with van der Waals surface area (Å²) in [5.41, 5.74) is 1.34. The molecule has 0 N–H and O–H groups in total. The Morgan fingerprint density at radius 1 is 1.24 bits per heavy atom. The van der Waals surface area contributed by atoms with Crippen molar-refractivity contribution in [3.8, 4) is 11.5 Å². The lowest BCUT2D eigenvalue weighted by molar-refractivity contribution is 0.112. The van der Waals surface area contributed by atoms with Gasteiger partial charge < -0.3 is 9.47 Å². The Bertz CT molecular complexity index is 674. The number of ether oxygens (including phenoxy) is 2. The van der Waals surface area contributed by atoms with Crippen molar-refractivity contribution in [2.24, 2.45) is 0 Å². The van der Waals surface area contributed by atoms with Crippen LogP contribution in [0, 0.1) is 0 Å². The van der Waals surface area contributed by atoms with Crippen LogP contribution in [0.15, 0.2) is 39.3 Å². The van der Waals surface area contributed by atoms with Crippen molar-refractivity contribution < 1.29 is 14.3 Å². The molecule has 0 atom stereocenters. The van der Waals surface area contributed by atoms with Crippen LogP contribution >= 0.6 is 43.5 Å². The fourth-order valence-corrected chi connectivity index (χ4v) is 2.86. The molecule has 6 heteroatoms. The SMILES string of the molecule is COc1cc(C=O)c(Br)c(Br)c1OCc1ccccc1Cl. The van der Waals surface area contributed by atoms with Crippen LogP contribution in [0.25, 0.3) is 0 Å². The van der Waals surface area contributed by atoms with E-state index in [9.17, 15) is 4.79 Å². The highest BCUT2D eigenvalue weighted by molar-refractivity contribution is 9.13. The second-order valence-electron chi connectivity index (χ2n) is 4.12. The lowest BCUT2D eigenvalue weighted by Gasteiger charge is -2.15.